The van der Waals surface area contributed by atoms with Gasteiger partial charge in [-0.05, 0) is 30.9 Å². The lowest BCUT2D eigenvalue weighted by Gasteiger charge is -2.23. The van der Waals surface area contributed by atoms with E-state index in [1.54, 1.807) is 0 Å². The van der Waals surface area contributed by atoms with E-state index in [9.17, 15) is 0 Å². The maximum Gasteiger partial charge on any atom is 0.0779 e. The minimum atomic E-state index is 0.0248. The Kier molecular flexibility index (Phi) is 3.97. The Balaban J connectivity index is 1.77. The molecule has 0 aromatic heterocycles. The second-order valence-electron chi connectivity index (χ2n) is 4.98. The number of hydrogen-bond donors (Lipinski definition) is 1. The van der Waals surface area contributed by atoms with Crippen LogP contribution in [-0.2, 0) is 4.74 Å². The van der Waals surface area contributed by atoms with Crippen molar-refractivity contribution >= 4 is 5.57 Å². The Morgan fingerprint density at radius 1 is 1.41 bits per heavy atom. The van der Waals surface area contributed by atoms with Crippen molar-refractivity contribution in [2.24, 2.45) is 0 Å². The third kappa shape index (κ3) is 3.42. The van der Waals surface area contributed by atoms with Crippen LogP contribution in [0.15, 0.2) is 36.9 Å². The standard InChI is InChI=1S/C15H21NO/c1-13(14-7-4-3-5-8-14)11-16-12-15(2)9-6-10-17-15/h3-5,7-8,16H,1,6,9-12H2,2H3. The molecule has 92 valence electrons. The SMILES string of the molecule is C=C(CNCC1(C)CCCO1)c1ccccc1. The average Bonchev–Trinajstić information content (AvgIpc) is 2.77. The molecule has 1 unspecified atom stereocenters. The van der Waals surface area contributed by atoms with Crippen molar-refractivity contribution in [3.05, 3.63) is 42.5 Å². The van der Waals surface area contributed by atoms with Crippen LogP contribution in [0.2, 0.25) is 0 Å². The lowest BCUT2D eigenvalue weighted by molar-refractivity contribution is 0.0218. The van der Waals surface area contributed by atoms with Gasteiger partial charge in [0.15, 0.2) is 0 Å². The smallest absolute Gasteiger partial charge is 0.0779 e. The summed E-state index contributed by atoms with van der Waals surface area (Å²) in [5.74, 6) is 0. The van der Waals surface area contributed by atoms with Crippen molar-refractivity contribution in [1.29, 1.82) is 0 Å². The van der Waals surface area contributed by atoms with Crippen molar-refractivity contribution in [3.8, 4) is 0 Å². The Morgan fingerprint density at radius 2 is 2.18 bits per heavy atom. The first-order chi connectivity index (χ1) is 8.20. The Bertz CT molecular complexity index is 366. The predicted octanol–water partition coefficient (Wildman–Crippen LogP) is 2.86. The number of benzene rings is 1. The highest BCUT2D eigenvalue weighted by molar-refractivity contribution is 5.64. The first kappa shape index (κ1) is 12.3. The van der Waals surface area contributed by atoms with Gasteiger partial charge in [-0.25, -0.2) is 0 Å². The van der Waals surface area contributed by atoms with Crippen LogP contribution in [0.5, 0.6) is 0 Å². The molecule has 0 saturated carbocycles. The molecule has 2 heteroatoms. The lowest BCUT2D eigenvalue weighted by atomic mass is 10.0. The normalized spacial score (nSPS) is 23.8. The summed E-state index contributed by atoms with van der Waals surface area (Å²) in [6.45, 7) is 8.91. The Morgan fingerprint density at radius 3 is 2.82 bits per heavy atom. The van der Waals surface area contributed by atoms with Gasteiger partial charge in [0, 0.05) is 19.7 Å². The van der Waals surface area contributed by atoms with Gasteiger partial charge in [-0.2, -0.15) is 0 Å². The van der Waals surface area contributed by atoms with Crippen LogP contribution in [0, 0.1) is 0 Å². The topological polar surface area (TPSA) is 21.3 Å². The molecule has 1 heterocycles. The highest BCUT2D eigenvalue weighted by atomic mass is 16.5. The van der Waals surface area contributed by atoms with Crippen molar-refractivity contribution in [2.75, 3.05) is 19.7 Å². The summed E-state index contributed by atoms with van der Waals surface area (Å²) in [4.78, 5) is 0. The minimum Gasteiger partial charge on any atom is -0.374 e. The van der Waals surface area contributed by atoms with Gasteiger partial charge in [0.2, 0.25) is 0 Å². The molecular weight excluding hydrogens is 210 g/mol. The van der Waals surface area contributed by atoms with E-state index < -0.39 is 0 Å². The zero-order valence-corrected chi connectivity index (χ0v) is 10.5. The molecule has 1 aliphatic heterocycles. The van der Waals surface area contributed by atoms with E-state index in [0.29, 0.717) is 0 Å². The predicted molar refractivity (Wildman–Crippen MR) is 71.9 cm³/mol. The maximum absolute atomic E-state index is 5.74. The number of hydrogen-bond acceptors (Lipinski definition) is 2. The van der Waals surface area contributed by atoms with E-state index in [2.05, 4.69) is 31.0 Å². The van der Waals surface area contributed by atoms with Gasteiger partial charge in [-0.1, -0.05) is 36.9 Å². The van der Waals surface area contributed by atoms with Gasteiger partial charge in [-0.15, -0.1) is 0 Å². The van der Waals surface area contributed by atoms with Crippen LogP contribution in [0.3, 0.4) is 0 Å². The monoisotopic (exact) mass is 231 g/mol. The van der Waals surface area contributed by atoms with Crippen LogP contribution in [0.1, 0.15) is 25.3 Å². The molecular formula is C15H21NO. The van der Waals surface area contributed by atoms with Crippen LogP contribution < -0.4 is 5.32 Å². The van der Waals surface area contributed by atoms with Gasteiger partial charge >= 0.3 is 0 Å². The first-order valence-corrected chi connectivity index (χ1v) is 6.27. The van der Waals surface area contributed by atoms with Gasteiger partial charge in [0.05, 0.1) is 5.60 Å². The van der Waals surface area contributed by atoms with Gasteiger partial charge in [0.1, 0.15) is 0 Å². The average molecular weight is 231 g/mol. The zero-order valence-electron chi connectivity index (χ0n) is 10.5. The molecule has 1 fully saturated rings. The maximum atomic E-state index is 5.74. The fraction of sp³-hybridized carbons (Fsp3) is 0.467. The third-order valence-electron chi connectivity index (χ3n) is 3.32. The van der Waals surface area contributed by atoms with E-state index in [-0.39, 0.29) is 5.60 Å². The first-order valence-electron chi connectivity index (χ1n) is 6.27. The van der Waals surface area contributed by atoms with E-state index in [0.717, 1.165) is 31.7 Å². The molecule has 1 N–H and O–H groups in total. The van der Waals surface area contributed by atoms with E-state index in [4.69, 9.17) is 4.74 Å². The summed E-state index contributed by atoms with van der Waals surface area (Å²) >= 11 is 0. The molecule has 0 amide bonds. The van der Waals surface area contributed by atoms with Crippen molar-refractivity contribution in [1.82, 2.24) is 5.32 Å². The van der Waals surface area contributed by atoms with E-state index >= 15 is 0 Å². The molecule has 17 heavy (non-hydrogen) atoms. The Labute approximate surface area is 104 Å². The van der Waals surface area contributed by atoms with Crippen molar-refractivity contribution in [2.45, 2.75) is 25.4 Å². The molecule has 0 radical (unpaired) electrons. The quantitative estimate of drug-likeness (QED) is 0.841. The largest absolute Gasteiger partial charge is 0.374 e. The second-order valence-corrected chi connectivity index (χ2v) is 4.98. The zero-order chi connectivity index (χ0) is 12.1. The summed E-state index contributed by atoms with van der Waals surface area (Å²) in [6.07, 6.45) is 2.33. The van der Waals surface area contributed by atoms with Crippen LogP contribution in [-0.4, -0.2) is 25.3 Å². The number of ether oxygens (including phenoxy) is 1. The van der Waals surface area contributed by atoms with Gasteiger partial charge < -0.3 is 10.1 Å². The number of nitrogens with one attached hydrogen (secondary N) is 1. The Hall–Kier alpha value is -1.12. The fourth-order valence-corrected chi connectivity index (χ4v) is 2.23. The molecule has 1 aromatic carbocycles. The molecule has 1 saturated heterocycles. The molecule has 0 aliphatic carbocycles. The van der Waals surface area contributed by atoms with Crippen LogP contribution in [0.25, 0.3) is 5.57 Å². The summed E-state index contributed by atoms with van der Waals surface area (Å²) < 4.78 is 5.74. The summed E-state index contributed by atoms with van der Waals surface area (Å²) in [7, 11) is 0. The van der Waals surface area contributed by atoms with E-state index in [1.807, 2.05) is 18.2 Å². The highest BCUT2D eigenvalue weighted by Gasteiger charge is 2.28. The van der Waals surface area contributed by atoms with Crippen LogP contribution in [0.4, 0.5) is 0 Å². The molecule has 2 rings (SSSR count). The molecule has 0 spiro atoms. The second kappa shape index (κ2) is 5.48. The molecule has 2 nitrogen and oxygen atoms in total. The van der Waals surface area contributed by atoms with Gasteiger partial charge in [0.25, 0.3) is 0 Å². The molecule has 1 aromatic rings. The molecule has 0 bridgehead atoms. The summed E-state index contributed by atoms with van der Waals surface area (Å²) in [5, 5.41) is 3.44. The van der Waals surface area contributed by atoms with Crippen LogP contribution >= 0.6 is 0 Å². The third-order valence-corrected chi connectivity index (χ3v) is 3.32. The minimum absolute atomic E-state index is 0.0248. The lowest BCUT2D eigenvalue weighted by Crippen LogP contribution is -2.37. The highest BCUT2D eigenvalue weighted by Crippen LogP contribution is 2.24. The van der Waals surface area contributed by atoms with Gasteiger partial charge in [-0.3, -0.25) is 0 Å². The summed E-state index contributed by atoms with van der Waals surface area (Å²) in [6, 6.07) is 10.3. The number of rotatable bonds is 5. The summed E-state index contributed by atoms with van der Waals surface area (Å²) in [5.41, 5.74) is 2.36. The van der Waals surface area contributed by atoms with Crippen molar-refractivity contribution in [3.63, 3.8) is 0 Å². The van der Waals surface area contributed by atoms with E-state index in [1.165, 1.54) is 12.0 Å². The fourth-order valence-electron chi connectivity index (χ4n) is 2.23. The van der Waals surface area contributed by atoms with Crippen molar-refractivity contribution < 1.29 is 4.74 Å². The molecule has 1 atom stereocenters. The molecule has 1 aliphatic rings.